The Balaban J connectivity index is 1.76. The molecule has 0 fully saturated rings. The van der Waals surface area contributed by atoms with Gasteiger partial charge >= 0.3 is 6.18 Å². The van der Waals surface area contributed by atoms with Crippen molar-refractivity contribution in [1.82, 2.24) is 4.31 Å². The van der Waals surface area contributed by atoms with Crippen molar-refractivity contribution in [3.8, 4) is 0 Å². The number of alkyl halides is 3. The standard InChI is InChI=1S/C31H24F3NO3S/c1-21-12-18-26(19-13-21)39(37,38)35-20-27(22-14-16-25(17-15-22)31(32,33)34)28(23-8-4-2-5-9-23)29(30(35)36)24-10-6-3-7-11-24/h2-19,27H,20H2,1H3. The Bertz CT molecular complexity index is 1630. The topological polar surface area (TPSA) is 54.5 Å². The van der Waals surface area contributed by atoms with Gasteiger partial charge in [0.25, 0.3) is 15.9 Å². The Morgan fingerprint density at radius 2 is 1.28 bits per heavy atom. The molecule has 1 atom stereocenters. The molecule has 1 heterocycles. The third kappa shape index (κ3) is 5.12. The number of hydrogen-bond donors (Lipinski definition) is 0. The molecule has 4 aromatic rings. The summed E-state index contributed by atoms with van der Waals surface area (Å²) in [6, 6.07) is 28.6. The average molecular weight is 548 g/mol. The van der Waals surface area contributed by atoms with Crippen LogP contribution in [-0.4, -0.2) is 25.2 Å². The molecule has 39 heavy (non-hydrogen) atoms. The van der Waals surface area contributed by atoms with E-state index in [-0.39, 0.29) is 17.0 Å². The molecule has 0 aliphatic carbocycles. The molecular weight excluding hydrogens is 523 g/mol. The third-order valence-electron chi connectivity index (χ3n) is 6.80. The summed E-state index contributed by atoms with van der Waals surface area (Å²) in [6.45, 7) is 1.56. The second-order valence-electron chi connectivity index (χ2n) is 9.35. The Kier molecular flexibility index (Phi) is 6.91. The number of hydrogen-bond acceptors (Lipinski definition) is 3. The number of carbonyl (C=O) groups is 1. The zero-order valence-electron chi connectivity index (χ0n) is 20.9. The Morgan fingerprint density at radius 3 is 1.82 bits per heavy atom. The van der Waals surface area contributed by atoms with Gasteiger partial charge in [-0.3, -0.25) is 4.79 Å². The van der Waals surface area contributed by atoms with Gasteiger partial charge in [-0.1, -0.05) is 90.5 Å². The SMILES string of the molecule is Cc1ccc(S(=O)(=O)N2CC(c3ccc(C(F)(F)F)cc3)C(c3ccccc3)=C(c3ccccc3)C2=O)cc1. The second-order valence-corrected chi connectivity index (χ2v) is 11.2. The summed E-state index contributed by atoms with van der Waals surface area (Å²) >= 11 is 0. The quantitative estimate of drug-likeness (QED) is 0.272. The lowest BCUT2D eigenvalue weighted by atomic mass is 9.79. The summed E-state index contributed by atoms with van der Waals surface area (Å²) in [7, 11) is -4.28. The smallest absolute Gasteiger partial charge is 0.268 e. The van der Waals surface area contributed by atoms with E-state index in [9.17, 15) is 26.4 Å². The average Bonchev–Trinajstić information content (AvgIpc) is 2.93. The van der Waals surface area contributed by atoms with Crippen LogP contribution in [0.4, 0.5) is 13.2 Å². The van der Waals surface area contributed by atoms with Gasteiger partial charge in [0.2, 0.25) is 0 Å². The molecule has 0 radical (unpaired) electrons. The highest BCUT2D eigenvalue weighted by Crippen LogP contribution is 2.45. The number of amides is 1. The van der Waals surface area contributed by atoms with Crippen molar-refractivity contribution in [1.29, 1.82) is 0 Å². The molecule has 1 unspecified atom stereocenters. The predicted octanol–water partition coefficient (Wildman–Crippen LogP) is 6.94. The van der Waals surface area contributed by atoms with E-state index in [4.69, 9.17) is 0 Å². The first-order valence-corrected chi connectivity index (χ1v) is 13.7. The van der Waals surface area contributed by atoms with E-state index in [2.05, 4.69) is 0 Å². The first-order chi connectivity index (χ1) is 18.6. The molecule has 0 saturated carbocycles. The fraction of sp³-hybridized carbons (Fsp3) is 0.129. The lowest BCUT2D eigenvalue weighted by Crippen LogP contribution is -2.44. The molecule has 0 N–H and O–H groups in total. The normalized spacial score (nSPS) is 16.5. The lowest BCUT2D eigenvalue weighted by molar-refractivity contribution is -0.137. The first-order valence-electron chi connectivity index (χ1n) is 12.2. The number of aryl methyl sites for hydroxylation is 1. The van der Waals surface area contributed by atoms with Crippen LogP contribution in [0.25, 0.3) is 11.1 Å². The molecule has 0 saturated heterocycles. The van der Waals surface area contributed by atoms with Crippen molar-refractivity contribution in [2.24, 2.45) is 0 Å². The lowest BCUT2D eigenvalue weighted by Gasteiger charge is -2.36. The highest BCUT2D eigenvalue weighted by molar-refractivity contribution is 7.89. The zero-order valence-corrected chi connectivity index (χ0v) is 21.7. The molecule has 4 nitrogen and oxygen atoms in total. The van der Waals surface area contributed by atoms with Crippen LogP contribution >= 0.6 is 0 Å². The minimum Gasteiger partial charge on any atom is -0.268 e. The van der Waals surface area contributed by atoms with E-state index in [1.54, 1.807) is 54.6 Å². The van der Waals surface area contributed by atoms with Gasteiger partial charge in [0, 0.05) is 12.5 Å². The summed E-state index contributed by atoms with van der Waals surface area (Å²) in [4.78, 5) is 14.1. The fourth-order valence-corrected chi connectivity index (χ4v) is 6.21. The van der Waals surface area contributed by atoms with E-state index < -0.39 is 33.6 Å². The van der Waals surface area contributed by atoms with Crippen molar-refractivity contribution < 1.29 is 26.4 Å². The van der Waals surface area contributed by atoms with Gasteiger partial charge in [0.1, 0.15) is 0 Å². The molecule has 5 rings (SSSR count). The van der Waals surface area contributed by atoms with Gasteiger partial charge in [-0.2, -0.15) is 13.2 Å². The summed E-state index contributed by atoms with van der Waals surface area (Å²) in [5.74, 6) is -1.41. The van der Waals surface area contributed by atoms with Crippen molar-refractivity contribution in [2.75, 3.05) is 6.54 Å². The summed E-state index contributed by atoms with van der Waals surface area (Å²) in [5, 5.41) is 0. The maximum atomic E-state index is 14.1. The van der Waals surface area contributed by atoms with Crippen LogP contribution in [0, 0.1) is 6.92 Å². The molecule has 198 valence electrons. The van der Waals surface area contributed by atoms with Crippen molar-refractivity contribution in [3.63, 3.8) is 0 Å². The second kappa shape index (κ2) is 10.2. The summed E-state index contributed by atoms with van der Waals surface area (Å²) in [6.07, 6.45) is -4.52. The van der Waals surface area contributed by atoms with E-state index in [1.165, 1.54) is 24.3 Å². The number of benzene rings is 4. The van der Waals surface area contributed by atoms with E-state index in [1.807, 2.05) is 25.1 Å². The molecule has 4 aromatic carbocycles. The van der Waals surface area contributed by atoms with Crippen LogP contribution in [0.15, 0.2) is 114 Å². The third-order valence-corrected chi connectivity index (χ3v) is 8.57. The van der Waals surface area contributed by atoms with Crippen LogP contribution in [0.2, 0.25) is 0 Å². The van der Waals surface area contributed by atoms with Gasteiger partial charge in [-0.25, -0.2) is 12.7 Å². The van der Waals surface area contributed by atoms with Crippen molar-refractivity contribution in [3.05, 3.63) is 137 Å². The van der Waals surface area contributed by atoms with Crippen LogP contribution in [0.3, 0.4) is 0 Å². The highest BCUT2D eigenvalue weighted by atomic mass is 32.2. The molecule has 8 heteroatoms. The van der Waals surface area contributed by atoms with Crippen LogP contribution < -0.4 is 0 Å². The highest BCUT2D eigenvalue weighted by Gasteiger charge is 2.42. The molecule has 1 aliphatic heterocycles. The van der Waals surface area contributed by atoms with Crippen LogP contribution in [0.1, 0.15) is 33.7 Å². The fourth-order valence-electron chi connectivity index (χ4n) is 4.82. The van der Waals surface area contributed by atoms with E-state index in [0.29, 0.717) is 22.3 Å². The van der Waals surface area contributed by atoms with Crippen molar-refractivity contribution >= 4 is 27.1 Å². The summed E-state index contributed by atoms with van der Waals surface area (Å²) < 4.78 is 68.5. The Labute approximate surface area is 225 Å². The zero-order chi connectivity index (χ0) is 27.8. The molecular formula is C31H24F3NO3S. The molecule has 0 spiro atoms. The molecule has 1 amide bonds. The van der Waals surface area contributed by atoms with Gasteiger partial charge in [-0.15, -0.1) is 0 Å². The number of halogens is 3. The predicted molar refractivity (Wildman–Crippen MR) is 144 cm³/mol. The van der Waals surface area contributed by atoms with Gasteiger partial charge in [0.05, 0.1) is 16.0 Å². The maximum absolute atomic E-state index is 14.1. The Hall–Kier alpha value is -4.17. The Morgan fingerprint density at radius 1 is 0.744 bits per heavy atom. The minimum absolute atomic E-state index is 0.0387. The minimum atomic E-state index is -4.52. The first kappa shape index (κ1) is 26.4. The maximum Gasteiger partial charge on any atom is 0.416 e. The van der Waals surface area contributed by atoms with Crippen molar-refractivity contribution in [2.45, 2.75) is 23.9 Å². The van der Waals surface area contributed by atoms with E-state index in [0.717, 1.165) is 22.0 Å². The van der Waals surface area contributed by atoms with Gasteiger partial charge in [-0.05, 0) is 53.5 Å². The van der Waals surface area contributed by atoms with Gasteiger partial charge in [0.15, 0.2) is 0 Å². The molecule has 0 aromatic heterocycles. The number of rotatable bonds is 5. The number of nitrogens with zero attached hydrogens (tertiary/aromatic N) is 1. The monoisotopic (exact) mass is 547 g/mol. The summed E-state index contributed by atoms with van der Waals surface area (Å²) in [5.41, 5.74) is 2.46. The number of carbonyl (C=O) groups excluding carboxylic acids is 1. The van der Waals surface area contributed by atoms with E-state index >= 15 is 0 Å². The number of sulfonamides is 1. The molecule has 0 bridgehead atoms. The van der Waals surface area contributed by atoms with Crippen LogP contribution in [-0.2, 0) is 21.0 Å². The van der Waals surface area contributed by atoms with Crippen LogP contribution in [0.5, 0.6) is 0 Å². The van der Waals surface area contributed by atoms with Gasteiger partial charge < -0.3 is 0 Å². The largest absolute Gasteiger partial charge is 0.416 e. The molecule has 1 aliphatic rings.